The van der Waals surface area contributed by atoms with E-state index in [4.69, 9.17) is 5.73 Å². The third kappa shape index (κ3) is 4.23. The lowest BCUT2D eigenvalue weighted by Gasteiger charge is -2.29. The largest absolute Gasteiger partial charge is 0.389 e. The Balaban J connectivity index is 1.83. The molecule has 0 radical (unpaired) electrons. The van der Waals surface area contributed by atoms with Gasteiger partial charge < -0.3 is 5.73 Å². The summed E-state index contributed by atoms with van der Waals surface area (Å²) in [7, 11) is 0. The first kappa shape index (κ1) is 14.4. The van der Waals surface area contributed by atoms with Crippen LogP contribution in [0.4, 0.5) is 13.2 Å². The Morgan fingerprint density at radius 1 is 1.21 bits per heavy atom. The van der Waals surface area contributed by atoms with Gasteiger partial charge in [-0.15, -0.1) is 0 Å². The van der Waals surface area contributed by atoms with Gasteiger partial charge in [-0.1, -0.05) is 24.3 Å². The van der Waals surface area contributed by atoms with E-state index in [0.29, 0.717) is 12.3 Å². The van der Waals surface area contributed by atoms with Gasteiger partial charge in [-0.05, 0) is 49.1 Å². The molecule has 1 aliphatic rings. The molecule has 106 valence electrons. The van der Waals surface area contributed by atoms with Crippen molar-refractivity contribution in [1.29, 1.82) is 0 Å². The van der Waals surface area contributed by atoms with Crippen LogP contribution in [0.3, 0.4) is 0 Å². The quantitative estimate of drug-likeness (QED) is 0.884. The van der Waals surface area contributed by atoms with Crippen LogP contribution < -0.4 is 5.73 Å². The first-order valence-electron chi connectivity index (χ1n) is 6.85. The Kier molecular flexibility index (Phi) is 4.50. The van der Waals surface area contributed by atoms with Crippen LogP contribution in [0.2, 0.25) is 0 Å². The normalized spacial score (nSPS) is 20.9. The van der Waals surface area contributed by atoms with Crippen molar-refractivity contribution >= 4 is 0 Å². The fraction of sp³-hybridized carbons (Fsp3) is 0.600. The average Bonchev–Trinajstić information content (AvgIpc) is 2.36. The van der Waals surface area contributed by atoms with E-state index in [9.17, 15) is 13.2 Å². The van der Waals surface area contributed by atoms with Gasteiger partial charge in [0.25, 0.3) is 0 Å². The van der Waals surface area contributed by atoms with Gasteiger partial charge in [0.1, 0.15) is 0 Å². The van der Waals surface area contributed by atoms with E-state index in [-0.39, 0.29) is 12.5 Å². The van der Waals surface area contributed by atoms with Crippen LogP contribution in [0.25, 0.3) is 0 Å². The zero-order valence-corrected chi connectivity index (χ0v) is 10.9. The molecule has 0 aliphatic heterocycles. The van der Waals surface area contributed by atoms with Crippen molar-refractivity contribution in [3.8, 4) is 0 Å². The minimum Gasteiger partial charge on any atom is -0.327 e. The fourth-order valence-electron chi connectivity index (χ4n) is 2.87. The Bertz CT molecular complexity index is 414. The number of fused-ring (bicyclic) bond motifs is 1. The average molecular weight is 271 g/mol. The topological polar surface area (TPSA) is 26.0 Å². The van der Waals surface area contributed by atoms with Crippen molar-refractivity contribution in [2.24, 2.45) is 11.7 Å². The number of aryl methyl sites for hydroxylation is 1. The number of rotatable bonds is 4. The highest BCUT2D eigenvalue weighted by Gasteiger charge is 2.28. The van der Waals surface area contributed by atoms with E-state index in [0.717, 1.165) is 19.3 Å². The van der Waals surface area contributed by atoms with Gasteiger partial charge in [0, 0.05) is 12.5 Å². The minimum atomic E-state index is -4.06. The molecular weight excluding hydrogens is 251 g/mol. The summed E-state index contributed by atoms with van der Waals surface area (Å²) >= 11 is 0. The maximum absolute atomic E-state index is 12.1. The van der Waals surface area contributed by atoms with Crippen LogP contribution in [0.1, 0.15) is 36.8 Å². The zero-order chi connectivity index (χ0) is 13.9. The highest BCUT2D eigenvalue weighted by atomic mass is 19.4. The van der Waals surface area contributed by atoms with Gasteiger partial charge in [0.15, 0.2) is 0 Å². The summed E-state index contributed by atoms with van der Waals surface area (Å²) in [5.41, 5.74) is 8.74. The molecule has 19 heavy (non-hydrogen) atoms. The van der Waals surface area contributed by atoms with Crippen molar-refractivity contribution in [1.82, 2.24) is 0 Å². The minimum absolute atomic E-state index is 0.115. The molecule has 4 heteroatoms. The molecule has 1 aromatic carbocycles. The molecule has 0 aromatic heterocycles. The molecule has 0 amide bonds. The molecule has 1 nitrogen and oxygen atoms in total. The van der Waals surface area contributed by atoms with Crippen molar-refractivity contribution in [2.45, 2.75) is 50.7 Å². The molecule has 0 saturated heterocycles. The number of hydrogen-bond acceptors (Lipinski definition) is 1. The molecule has 1 aliphatic carbocycles. The second kappa shape index (κ2) is 5.95. The Labute approximate surface area is 112 Å². The molecule has 0 fully saturated rings. The van der Waals surface area contributed by atoms with E-state index < -0.39 is 12.6 Å². The summed E-state index contributed by atoms with van der Waals surface area (Å²) in [4.78, 5) is 0. The van der Waals surface area contributed by atoms with Gasteiger partial charge in [-0.2, -0.15) is 13.2 Å². The number of halogens is 3. The van der Waals surface area contributed by atoms with Crippen molar-refractivity contribution < 1.29 is 13.2 Å². The summed E-state index contributed by atoms with van der Waals surface area (Å²) in [6, 6.07) is 8.15. The molecule has 1 aromatic rings. The molecule has 0 bridgehead atoms. The Morgan fingerprint density at radius 2 is 1.89 bits per heavy atom. The lowest BCUT2D eigenvalue weighted by molar-refractivity contribution is -0.135. The molecular formula is C15H20F3N. The van der Waals surface area contributed by atoms with Gasteiger partial charge in [0.2, 0.25) is 0 Å². The van der Waals surface area contributed by atoms with Gasteiger partial charge >= 0.3 is 6.18 Å². The van der Waals surface area contributed by atoms with Crippen LogP contribution in [-0.4, -0.2) is 12.2 Å². The first-order chi connectivity index (χ1) is 8.96. The maximum Gasteiger partial charge on any atom is 0.389 e. The third-order valence-electron chi connectivity index (χ3n) is 3.99. The van der Waals surface area contributed by atoms with E-state index in [1.807, 2.05) is 12.1 Å². The summed E-state index contributed by atoms with van der Waals surface area (Å²) in [6.07, 6.45) is -1.28. The van der Waals surface area contributed by atoms with Crippen LogP contribution in [0.5, 0.6) is 0 Å². The Morgan fingerprint density at radius 3 is 2.58 bits per heavy atom. The smallest absolute Gasteiger partial charge is 0.327 e. The van der Waals surface area contributed by atoms with Crippen molar-refractivity contribution in [3.05, 3.63) is 35.4 Å². The molecule has 0 saturated carbocycles. The zero-order valence-electron chi connectivity index (χ0n) is 10.9. The van der Waals surface area contributed by atoms with E-state index in [2.05, 4.69) is 12.1 Å². The lowest BCUT2D eigenvalue weighted by atomic mass is 9.79. The van der Waals surface area contributed by atoms with Crippen LogP contribution in [-0.2, 0) is 12.8 Å². The number of alkyl halides is 3. The standard InChI is InChI=1S/C15H20F3N/c16-15(17,18)9-3-6-14(19)13-8-7-11-4-1-2-5-12(11)10-13/h1-2,4-5,13-14H,3,6-10,19H2. The molecule has 2 rings (SSSR count). The van der Waals surface area contributed by atoms with Crippen LogP contribution in [0.15, 0.2) is 24.3 Å². The second-order valence-electron chi connectivity index (χ2n) is 5.44. The van der Waals surface area contributed by atoms with E-state index in [1.54, 1.807) is 0 Å². The Hall–Kier alpha value is -1.03. The molecule has 2 unspecified atom stereocenters. The highest BCUT2D eigenvalue weighted by molar-refractivity contribution is 5.29. The van der Waals surface area contributed by atoms with Gasteiger partial charge in [-0.3, -0.25) is 0 Å². The summed E-state index contributed by atoms with van der Waals surface area (Å²) in [5.74, 6) is 0.322. The van der Waals surface area contributed by atoms with Crippen LogP contribution in [0, 0.1) is 5.92 Å². The summed E-state index contributed by atoms with van der Waals surface area (Å²) < 4.78 is 36.3. The molecule has 2 N–H and O–H groups in total. The molecule has 0 spiro atoms. The van der Waals surface area contributed by atoms with E-state index in [1.165, 1.54) is 11.1 Å². The number of hydrogen-bond donors (Lipinski definition) is 1. The highest BCUT2D eigenvalue weighted by Crippen LogP contribution is 2.29. The number of nitrogens with two attached hydrogens (primary N) is 1. The first-order valence-corrected chi connectivity index (χ1v) is 6.85. The third-order valence-corrected chi connectivity index (χ3v) is 3.99. The summed E-state index contributed by atoms with van der Waals surface area (Å²) in [6.45, 7) is 0. The van der Waals surface area contributed by atoms with Crippen molar-refractivity contribution in [3.63, 3.8) is 0 Å². The summed E-state index contributed by atoms with van der Waals surface area (Å²) in [5, 5.41) is 0. The van der Waals surface area contributed by atoms with Gasteiger partial charge in [0.05, 0.1) is 0 Å². The monoisotopic (exact) mass is 271 g/mol. The van der Waals surface area contributed by atoms with Gasteiger partial charge in [-0.25, -0.2) is 0 Å². The van der Waals surface area contributed by atoms with Crippen molar-refractivity contribution in [2.75, 3.05) is 0 Å². The maximum atomic E-state index is 12.1. The number of benzene rings is 1. The fourth-order valence-corrected chi connectivity index (χ4v) is 2.87. The van der Waals surface area contributed by atoms with E-state index >= 15 is 0 Å². The lowest BCUT2D eigenvalue weighted by Crippen LogP contribution is -2.34. The predicted octanol–water partition coefficient (Wildman–Crippen LogP) is 3.85. The SMILES string of the molecule is NC(CCCC(F)(F)F)C1CCc2ccccc2C1. The molecule has 0 heterocycles. The second-order valence-corrected chi connectivity index (χ2v) is 5.44. The predicted molar refractivity (Wildman–Crippen MR) is 69.8 cm³/mol. The van der Waals surface area contributed by atoms with Crippen LogP contribution >= 0.6 is 0 Å². The molecule has 2 atom stereocenters.